The lowest BCUT2D eigenvalue weighted by Gasteiger charge is -2.24. The van der Waals surface area contributed by atoms with Crippen molar-refractivity contribution in [3.63, 3.8) is 0 Å². The highest BCUT2D eigenvalue weighted by Gasteiger charge is 2.25. The molecule has 4 nitrogen and oxygen atoms in total. The Bertz CT molecular complexity index is 480. The molecule has 0 heterocycles. The molecule has 0 fully saturated rings. The molecule has 0 bridgehead atoms. The van der Waals surface area contributed by atoms with Crippen LogP contribution in [0.3, 0.4) is 0 Å². The lowest BCUT2D eigenvalue weighted by molar-refractivity contribution is 0.278. The number of rotatable bonds is 5. The summed E-state index contributed by atoms with van der Waals surface area (Å²) < 4.78 is 27.0. The first-order chi connectivity index (χ1) is 7.82. The Morgan fingerprint density at radius 3 is 2.41 bits per heavy atom. The summed E-state index contributed by atoms with van der Waals surface area (Å²) in [5.74, 6) is 0. The first kappa shape index (κ1) is 14.2. The van der Waals surface area contributed by atoms with Crippen molar-refractivity contribution in [1.82, 2.24) is 4.72 Å². The SMILES string of the molecule is CCC(C)(C)NS(=O)(=O)c1ccccc1CO. The van der Waals surface area contributed by atoms with E-state index in [9.17, 15) is 8.42 Å². The van der Waals surface area contributed by atoms with E-state index in [1.54, 1.807) is 18.2 Å². The van der Waals surface area contributed by atoms with Gasteiger partial charge in [-0.15, -0.1) is 0 Å². The van der Waals surface area contributed by atoms with Crippen LogP contribution in [0.2, 0.25) is 0 Å². The molecule has 0 saturated carbocycles. The molecule has 0 spiro atoms. The number of sulfonamides is 1. The van der Waals surface area contributed by atoms with Gasteiger partial charge in [0.15, 0.2) is 0 Å². The molecule has 17 heavy (non-hydrogen) atoms. The van der Waals surface area contributed by atoms with Crippen molar-refractivity contribution >= 4 is 10.0 Å². The zero-order valence-electron chi connectivity index (χ0n) is 10.4. The van der Waals surface area contributed by atoms with E-state index in [4.69, 9.17) is 5.11 Å². The second kappa shape index (κ2) is 5.16. The third kappa shape index (κ3) is 3.52. The number of aliphatic hydroxyl groups is 1. The maximum atomic E-state index is 12.2. The van der Waals surface area contributed by atoms with Gasteiger partial charge in [-0.1, -0.05) is 25.1 Å². The number of hydrogen-bond donors (Lipinski definition) is 2. The number of aliphatic hydroxyl groups excluding tert-OH is 1. The van der Waals surface area contributed by atoms with Gasteiger partial charge in [-0.05, 0) is 31.9 Å². The molecule has 0 saturated heterocycles. The molecule has 0 atom stereocenters. The summed E-state index contributed by atoms with van der Waals surface area (Å²) in [6, 6.07) is 6.45. The van der Waals surface area contributed by atoms with Crippen LogP contribution in [0.5, 0.6) is 0 Å². The fraction of sp³-hybridized carbons (Fsp3) is 0.500. The molecule has 0 radical (unpaired) electrons. The maximum absolute atomic E-state index is 12.2. The van der Waals surface area contributed by atoms with Crippen molar-refractivity contribution in [2.24, 2.45) is 0 Å². The molecule has 0 unspecified atom stereocenters. The zero-order valence-corrected chi connectivity index (χ0v) is 11.2. The van der Waals surface area contributed by atoms with Gasteiger partial charge in [-0.2, -0.15) is 0 Å². The zero-order chi connectivity index (χ0) is 13.1. The minimum atomic E-state index is -3.58. The van der Waals surface area contributed by atoms with Crippen LogP contribution in [-0.4, -0.2) is 19.1 Å². The van der Waals surface area contributed by atoms with Crippen molar-refractivity contribution in [2.75, 3.05) is 0 Å². The molecule has 1 rings (SSSR count). The lowest BCUT2D eigenvalue weighted by Crippen LogP contribution is -2.42. The Morgan fingerprint density at radius 2 is 1.88 bits per heavy atom. The molecule has 96 valence electrons. The quantitative estimate of drug-likeness (QED) is 0.843. The molecule has 0 amide bonds. The van der Waals surface area contributed by atoms with Crippen LogP contribution >= 0.6 is 0 Å². The number of benzene rings is 1. The third-order valence-corrected chi connectivity index (χ3v) is 4.53. The minimum absolute atomic E-state index is 0.143. The second-order valence-corrected chi connectivity index (χ2v) is 6.26. The van der Waals surface area contributed by atoms with Gasteiger partial charge in [0.25, 0.3) is 0 Å². The van der Waals surface area contributed by atoms with Crippen molar-refractivity contribution < 1.29 is 13.5 Å². The largest absolute Gasteiger partial charge is 0.392 e. The molecule has 0 aliphatic rings. The highest BCUT2D eigenvalue weighted by atomic mass is 32.2. The predicted molar refractivity (Wildman–Crippen MR) is 67.1 cm³/mol. The van der Waals surface area contributed by atoms with Gasteiger partial charge >= 0.3 is 0 Å². The van der Waals surface area contributed by atoms with E-state index in [-0.39, 0.29) is 11.5 Å². The van der Waals surface area contributed by atoms with Gasteiger partial charge in [0.1, 0.15) is 0 Å². The summed E-state index contributed by atoms with van der Waals surface area (Å²) >= 11 is 0. The smallest absolute Gasteiger partial charge is 0.241 e. The highest BCUT2D eigenvalue weighted by Crippen LogP contribution is 2.19. The average Bonchev–Trinajstić information content (AvgIpc) is 2.28. The Morgan fingerprint density at radius 1 is 1.29 bits per heavy atom. The van der Waals surface area contributed by atoms with E-state index in [0.717, 1.165) is 0 Å². The Kier molecular flexibility index (Phi) is 4.30. The van der Waals surface area contributed by atoms with Crippen LogP contribution in [0.15, 0.2) is 29.2 Å². The predicted octanol–water partition coefficient (Wildman–Crippen LogP) is 1.65. The lowest BCUT2D eigenvalue weighted by atomic mass is 10.0. The average molecular weight is 257 g/mol. The van der Waals surface area contributed by atoms with E-state index < -0.39 is 15.6 Å². The summed E-state index contributed by atoms with van der Waals surface area (Å²) in [7, 11) is -3.58. The topological polar surface area (TPSA) is 66.4 Å². The van der Waals surface area contributed by atoms with Crippen LogP contribution in [0.25, 0.3) is 0 Å². The van der Waals surface area contributed by atoms with E-state index in [2.05, 4.69) is 4.72 Å². The monoisotopic (exact) mass is 257 g/mol. The Labute approximate surface area is 103 Å². The summed E-state index contributed by atoms with van der Waals surface area (Å²) in [6.45, 7) is 5.28. The summed E-state index contributed by atoms with van der Waals surface area (Å²) in [5.41, 5.74) is -0.0894. The van der Waals surface area contributed by atoms with E-state index >= 15 is 0 Å². The molecule has 0 aliphatic heterocycles. The fourth-order valence-electron chi connectivity index (χ4n) is 1.39. The Hall–Kier alpha value is -0.910. The van der Waals surface area contributed by atoms with E-state index in [1.807, 2.05) is 20.8 Å². The minimum Gasteiger partial charge on any atom is -0.392 e. The van der Waals surface area contributed by atoms with E-state index in [0.29, 0.717) is 12.0 Å². The molecule has 5 heteroatoms. The van der Waals surface area contributed by atoms with E-state index in [1.165, 1.54) is 6.07 Å². The number of hydrogen-bond acceptors (Lipinski definition) is 3. The standard InChI is InChI=1S/C12H19NO3S/c1-4-12(2,3)13-17(15,16)11-8-6-5-7-10(11)9-14/h5-8,13-14H,4,9H2,1-3H3. The van der Waals surface area contributed by atoms with Gasteiger partial charge in [-0.3, -0.25) is 0 Å². The molecule has 2 N–H and O–H groups in total. The second-order valence-electron chi connectivity index (χ2n) is 4.61. The van der Waals surface area contributed by atoms with Crippen molar-refractivity contribution in [3.05, 3.63) is 29.8 Å². The molecular formula is C12H19NO3S. The van der Waals surface area contributed by atoms with Gasteiger partial charge < -0.3 is 5.11 Å². The Balaban J connectivity index is 3.14. The van der Waals surface area contributed by atoms with Gasteiger partial charge in [0, 0.05) is 5.54 Å². The summed E-state index contributed by atoms with van der Waals surface area (Å²) in [5, 5.41) is 9.15. The maximum Gasteiger partial charge on any atom is 0.241 e. The summed E-state index contributed by atoms with van der Waals surface area (Å²) in [4.78, 5) is 0.143. The van der Waals surface area contributed by atoms with Gasteiger partial charge in [0.2, 0.25) is 10.0 Å². The van der Waals surface area contributed by atoms with Crippen LogP contribution < -0.4 is 4.72 Å². The third-order valence-electron chi connectivity index (χ3n) is 2.73. The molecule has 0 aromatic heterocycles. The van der Waals surface area contributed by atoms with Crippen molar-refractivity contribution in [1.29, 1.82) is 0 Å². The first-order valence-corrected chi connectivity index (χ1v) is 7.03. The van der Waals surface area contributed by atoms with Gasteiger partial charge in [-0.25, -0.2) is 13.1 Å². The first-order valence-electron chi connectivity index (χ1n) is 5.55. The van der Waals surface area contributed by atoms with Crippen molar-refractivity contribution in [3.8, 4) is 0 Å². The molecule has 1 aromatic carbocycles. The summed E-state index contributed by atoms with van der Waals surface area (Å²) in [6.07, 6.45) is 0.688. The highest BCUT2D eigenvalue weighted by molar-refractivity contribution is 7.89. The van der Waals surface area contributed by atoms with Crippen molar-refractivity contribution in [2.45, 2.75) is 44.2 Å². The van der Waals surface area contributed by atoms with Crippen LogP contribution in [0.4, 0.5) is 0 Å². The van der Waals surface area contributed by atoms with Gasteiger partial charge in [0.05, 0.1) is 11.5 Å². The van der Waals surface area contributed by atoms with Crippen LogP contribution in [0, 0.1) is 0 Å². The fourth-order valence-corrected chi connectivity index (χ4v) is 3.10. The van der Waals surface area contributed by atoms with Crippen LogP contribution in [0.1, 0.15) is 32.8 Å². The molecular weight excluding hydrogens is 238 g/mol. The molecule has 1 aromatic rings. The number of nitrogens with one attached hydrogen (secondary N) is 1. The normalized spacial score (nSPS) is 12.7. The molecule has 0 aliphatic carbocycles. The van der Waals surface area contributed by atoms with Crippen LogP contribution in [-0.2, 0) is 16.6 Å².